The third-order valence-corrected chi connectivity index (χ3v) is 2.21. The zero-order valence-corrected chi connectivity index (χ0v) is 9.75. The van der Waals surface area contributed by atoms with Gasteiger partial charge in [0.15, 0.2) is 0 Å². The maximum Gasteiger partial charge on any atom is 0.287 e. The first-order valence-corrected chi connectivity index (χ1v) is 5.08. The van der Waals surface area contributed by atoms with E-state index in [0.29, 0.717) is 6.61 Å². The van der Waals surface area contributed by atoms with Crippen LogP contribution in [0.4, 0.5) is 5.69 Å². The Balaban J connectivity index is 3.11. The molecular weight excluding hydrogens is 240 g/mol. The van der Waals surface area contributed by atoms with Crippen molar-refractivity contribution < 1.29 is 19.5 Å². The van der Waals surface area contributed by atoms with E-state index in [0.717, 1.165) is 6.07 Å². The summed E-state index contributed by atoms with van der Waals surface area (Å²) >= 11 is 0. The molecule has 7 heteroatoms. The molecule has 0 atom stereocenters. The number of aliphatic hydroxyl groups is 1. The van der Waals surface area contributed by atoms with Gasteiger partial charge in [0.1, 0.15) is 24.0 Å². The molecule has 0 saturated heterocycles. The molecule has 1 aromatic carbocycles. The molecule has 0 aliphatic carbocycles. The van der Waals surface area contributed by atoms with Crippen molar-refractivity contribution in [2.24, 2.45) is 0 Å². The van der Waals surface area contributed by atoms with Gasteiger partial charge < -0.3 is 14.6 Å². The van der Waals surface area contributed by atoms with E-state index in [1.54, 1.807) is 6.07 Å². The molecule has 96 valence electrons. The second-order valence-electron chi connectivity index (χ2n) is 3.35. The van der Waals surface area contributed by atoms with Crippen LogP contribution < -0.4 is 4.74 Å². The lowest BCUT2D eigenvalue weighted by atomic mass is 10.1. The number of aliphatic hydroxyl groups excluding tert-OH is 1. The molecule has 0 bridgehead atoms. The molecule has 0 unspecified atom stereocenters. The molecule has 0 spiro atoms. The van der Waals surface area contributed by atoms with Crippen LogP contribution in [0.2, 0.25) is 0 Å². The second kappa shape index (κ2) is 6.54. The van der Waals surface area contributed by atoms with Gasteiger partial charge in [0.2, 0.25) is 0 Å². The summed E-state index contributed by atoms with van der Waals surface area (Å²) in [5, 5.41) is 28.7. The van der Waals surface area contributed by atoms with Crippen molar-refractivity contribution in [1.82, 2.24) is 0 Å². The van der Waals surface area contributed by atoms with Crippen molar-refractivity contribution in [3.63, 3.8) is 0 Å². The van der Waals surface area contributed by atoms with Crippen LogP contribution in [0.5, 0.6) is 5.75 Å². The first-order chi connectivity index (χ1) is 8.63. The van der Waals surface area contributed by atoms with Crippen molar-refractivity contribution >= 4 is 5.69 Å². The van der Waals surface area contributed by atoms with Crippen LogP contribution >= 0.6 is 0 Å². The maximum atomic E-state index is 10.7. The first kappa shape index (κ1) is 13.9. The summed E-state index contributed by atoms with van der Waals surface area (Å²) in [6.45, 7) is 0.158. The van der Waals surface area contributed by atoms with Gasteiger partial charge in [-0.1, -0.05) is 0 Å². The third kappa shape index (κ3) is 3.16. The standard InChI is InChI=1S/C11H12N2O5/c1-17-2-3-18-11-5-8(6-12)10(13(15)16)4-9(11)7-14/h4-5,14H,2-3,7H2,1H3. The van der Waals surface area contributed by atoms with Gasteiger partial charge in [0, 0.05) is 24.8 Å². The fourth-order valence-electron chi connectivity index (χ4n) is 1.35. The van der Waals surface area contributed by atoms with E-state index >= 15 is 0 Å². The molecule has 0 radical (unpaired) electrons. The lowest BCUT2D eigenvalue weighted by Crippen LogP contribution is -2.07. The highest BCUT2D eigenvalue weighted by molar-refractivity contribution is 5.55. The van der Waals surface area contributed by atoms with Gasteiger partial charge in [0.25, 0.3) is 5.69 Å². The van der Waals surface area contributed by atoms with Crippen LogP contribution in [0.3, 0.4) is 0 Å². The minimum atomic E-state index is -0.670. The van der Waals surface area contributed by atoms with Crippen LogP contribution in [0, 0.1) is 21.4 Å². The second-order valence-corrected chi connectivity index (χ2v) is 3.35. The van der Waals surface area contributed by atoms with Crippen molar-refractivity contribution in [2.75, 3.05) is 20.3 Å². The topological polar surface area (TPSA) is 106 Å². The number of ether oxygens (including phenoxy) is 2. The van der Waals surface area contributed by atoms with Gasteiger partial charge in [-0.25, -0.2) is 0 Å². The van der Waals surface area contributed by atoms with Gasteiger partial charge in [-0.2, -0.15) is 5.26 Å². The van der Waals surface area contributed by atoms with E-state index in [1.165, 1.54) is 13.2 Å². The van der Waals surface area contributed by atoms with Gasteiger partial charge >= 0.3 is 0 Å². The summed E-state index contributed by atoms with van der Waals surface area (Å²) in [6, 6.07) is 4.11. The zero-order chi connectivity index (χ0) is 13.5. The smallest absolute Gasteiger partial charge is 0.287 e. The molecule has 0 amide bonds. The number of nitriles is 1. The predicted octanol–water partition coefficient (Wildman–Crippen LogP) is 0.984. The van der Waals surface area contributed by atoms with E-state index < -0.39 is 11.5 Å². The highest BCUT2D eigenvalue weighted by atomic mass is 16.6. The number of benzene rings is 1. The van der Waals surface area contributed by atoms with Gasteiger partial charge in [-0.3, -0.25) is 10.1 Å². The summed E-state index contributed by atoms with van der Waals surface area (Å²) in [5.74, 6) is 0.247. The van der Waals surface area contributed by atoms with Crippen molar-refractivity contribution in [1.29, 1.82) is 5.26 Å². The molecule has 0 aliphatic heterocycles. The van der Waals surface area contributed by atoms with E-state index in [2.05, 4.69) is 0 Å². The molecule has 1 N–H and O–H groups in total. The summed E-state index contributed by atoms with van der Waals surface area (Å²) < 4.78 is 10.1. The van der Waals surface area contributed by atoms with Gasteiger partial charge in [-0.15, -0.1) is 0 Å². The number of rotatable bonds is 6. The average molecular weight is 252 g/mol. The summed E-state index contributed by atoms with van der Waals surface area (Å²) in [4.78, 5) is 10.1. The monoisotopic (exact) mass is 252 g/mol. The van der Waals surface area contributed by atoms with E-state index in [-0.39, 0.29) is 29.2 Å². The molecule has 7 nitrogen and oxygen atoms in total. The van der Waals surface area contributed by atoms with Crippen molar-refractivity contribution in [2.45, 2.75) is 6.61 Å². The van der Waals surface area contributed by atoms with Crippen LogP contribution in [-0.2, 0) is 11.3 Å². The van der Waals surface area contributed by atoms with Gasteiger partial charge in [-0.05, 0) is 0 Å². The lowest BCUT2D eigenvalue weighted by Gasteiger charge is -2.10. The van der Waals surface area contributed by atoms with E-state index in [1.807, 2.05) is 0 Å². The SMILES string of the molecule is COCCOc1cc(C#N)c([N+](=O)[O-])cc1CO. The van der Waals surface area contributed by atoms with Crippen LogP contribution in [-0.4, -0.2) is 30.4 Å². The van der Waals surface area contributed by atoms with E-state index in [9.17, 15) is 10.1 Å². The average Bonchev–Trinajstić information content (AvgIpc) is 2.38. The number of hydrogen-bond donors (Lipinski definition) is 1. The maximum absolute atomic E-state index is 10.7. The molecular formula is C11H12N2O5. The number of nitro benzene ring substituents is 1. The molecule has 0 saturated carbocycles. The number of methoxy groups -OCH3 is 1. The highest BCUT2D eigenvalue weighted by Crippen LogP contribution is 2.28. The van der Waals surface area contributed by atoms with Crippen molar-refractivity contribution in [3.8, 4) is 11.8 Å². The van der Waals surface area contributed by atoms with Crippen LogP contribution in [0.25, 0.3) is 0 Å². The zero-order valence-electron chi connectivity index (χ0n) is 9.75. The highest BCUT2D eigenvalue weighted by Gasteiger charge is 2.18. The Kier molecular flexibility index (Phi) is 5.05. The van der Waals surface area contributed by atoms with E-state index in [4.69, 9.17) is 19.8 Å². The number of nitrogens with zero attached hydrogens (tertiary/aromatic N) is 2. The van der Waals surface area contributed by atoms with Gasteiger partial charge in [0.05, 0.1) is 18.1 Å². The molecule has 18 heavy (non-hydrogen) atoms. The number of hydrogen-bond acceptors (Lipinski definition) is 6. The molecule has 0 aliphatic rings. The quantitative estimate of drug-likeness (QED) is 0.459. The predicted molar refractivity (Wildman–Crippen MR) is 61.1 cm³/mol. The Morgan fingerprint density at radius 1 is 1.50 bits per heavy atom. The third-order valence-electron chi connectivity index (χ3n) is 2.21. The van der Waals surface area contributed by atoms with Crippen molar-refractivity contribution in [3.05, 3.63) is 33.4 Å². The molecule has 0 heterocycles. The Hall–Kier alpha value is -2.17. The normalized spacial score (nSPS) is 9.83. The number of nitro groups is 1. The Labute approximate surface area is 103 Å². The summed E-state index contributed by atoms with van der Waals surface area (Å²) in [6.07, 6.45) is 0. The lowest BCUT2D eigenvalue weighted by molar-refractivity contribution is -0.385. The Morgan fingerprint density at radius 2 is 2.22 bits per heavy atom. The largest absolute Gasteiger partial charge is 0.491 e. The molecule has 1 rings (SSSR count). The minimum Gasteiger partial charge on any atom is -0.491 e. The molecule has 1 aromatic rings. The van der Waals surface area contributed by atoms with Crippen LogP contribution in [0.1, 0.15) is 11.1 Å². The molecule has 0 aromatic heterocycles. The fraction of sp³-hybridized carbons (Fsp3) is 0.364. The first-order valence-electron chi connectivity index (χ1n) is 5.08. The Bertz CT molecular complexity index is 481. The summed E-state index contributed by atoms with van der Waals surface area (Å²) in [5.41, 5.74) is -0.193. The summed E-state index contributed by atoms with van der Waals surface area (Å²) in [7, 11) is 1.51. The fourth-order valence-corrected chi connectivity index (χ4v) is 1.35. The Morgan fingerprint density at radius 3 is 2.72 bits per heavy atom. The van der Waals surface area contributed by atoms with Crippen LogP contribution in [0.15, 0.2) is 12.1 Å². The molecule has 0 fully saturated rings. The minimum absolute atomic E-state index is 0.107.